The zero-order chi connectivity index (χ0) is 17.9. The molecule has 2 rings (SSSR count). The molecule has 0 radical (unpaired) electrons. The smallest absolute Gasteiger partial charge is 0.242 e. The van der Waals surface area contributed by atoms with Gasteiger partial charge in [-0.1, -0.05) is 32.9 Å². The standard InChI is InChI=1S/C18H26FN3O2/c1-11(2)17(20)18(24)21-9-16(23)22-10-12(3)7-15(22)13-5-4-6-14(19)8-13/h4-6,8,11-12,15,17H,7,9-10,20H2,1-3H3,(H,21,24)/t12?,15?,17-/m0/s1. The lowest BCUT2D eigenvalue weighted by Gasteiger charge is -2.26. The molecule has 1 heterocycles. The monoisotopic (exact) mass is 335 g/mol. The predicted octanol–water partition coefficient (Wildman–Crippen LogP) is 1.83. The fourth-order valence-electron chi connectivity index (χ4n) is 3.04. The maximum absolute atomic E-state index is 13.5. The van der Waals surface area contributed by atoms with E-state index >= 15 is 0 Å². The highest BCUT2D eigenvalue weighted by molar-refractivity contribution is 5.87. The van der Waals surface area contributed by atoms with Crippen molar-refractivity contribution >= 4 is 11.8 Å². The van der Waals surface area contributed by atoms with E-state index in [1.807, 2.05) is 19.9 Å². The van der Waals surface area contributed by atoms with Gasteiger partial charge in [0.15, 0.2) is 0 Å². The number of amides is 2. The Kier molecular flexibility index (Phi) is 5.94. The van der Waals surface area contributed by atoms with Gasteiger partial charge in [-0.3, -0.25) is 9.59 Å². The number of benzene rings is 1. The first-order valence-corrected chi connectivity index (χ1v) is 8.37. The SMILES string of the molecule is CC1CC(c2cccc(F)c2)N(C(=O)CNC(=O)[C@@H](N)C(C)C)C1. The van der Waals surface area contributed by atoms with Crippen LogP contribution in [0.15, 0.2) is 24.3 Å². The molecule has 24 heavy (non-hydrogen) atoms. The lowest BCUT2D eigenvalue weighted by atomic mass is 10.0. The quantitative estimate of drug-likeness (QED) is 0.862. The number of carbonyl (C=O) groups excluding carboxylic acids is 2. The van der Waals surface area contributed by atoms with Crippen LogP contribution in [0.3, 0.4) is 0 Å². The summed E-state index contributed by atoms with van der Waals surface area (Å²) in [5.41, 5.74) is 6.57. The minimum atomic E-state index is -0.630. The van der Waals surface area contributed by atoms with Gasteiger partial charge in [0, 0.05) is 6.54 Å². The largest absolute Gasteiger partial charge is 0.346 e. The zero-order valence-corrected chi connectivity index (χ0v) is 14.5. The molecule has 2 amide bonds. The molecule has 0 bridgehead atoms. The molecular formula is C18H26FN3O2. The van der Waals surface area contributed by atoms with Gasteiger partial charge in [-0.25, -0.2) is 4.39 Å². The molecule has 1 aromatic carbocycles. The van der Waals surface area contributed by atoms with E-state index < -0.39 is 6.04 Å². The highest BCUT2D eigenvalue weighted by Gasteiger charge is 2.34. The summed E-state index contributed by atoms with van der Waals surface area (Å²) in [4.78, 5) is 26.2. The number of rotatable bonds is 5. The van der Waals surface area contributed by atoms with Crippen molar-refractivity contribution in [2.45, 2.75) is 39.3 Å². The van der Waals surface area contributed by atoms with Gasteiger partial charge >= 0.3 is 0 Å². The molecule has 3 N–H and O–H groups in total. The maximum Gasteiger partial charge on any atom is 0.242 e. The second-order valence-corrected chi connectivity index (χ2v) is 6.95. The first kappa shape index (κ1) is 18.4. The molecule has 1 fully saturated rings. The average Bonchev–Trinajstić information content (AvgIpc) is 2.93. The minimum Gasteiger partial charge on any atom is -0.346 e. The van der Waals surface area contributed by atoms with Gasteiger partial charge in [0.05, 0.1) is 18.6 Å². The molecule has 0 saturated carbocycles. The molecule has 5 nitrogen and oxygen atoms in total. The van der Waals surface area contributed by atoms with Gasteiger partial charge in [0.25, 0.3) is 0 Å². The molecule has 1 aliphatic heterocycles. The molecule has 0 aliphatic carbocycles. The van der Waals surface area contributed by atoms with E-state index in [2.05, 4.69) is 12.2 Å². The molecule has 2 unspecified atom stereocenters. The highest BCUT2D eigenvalue weighted by Crippen LogP contribution is 2.35. The Morgan fingerprint density at radius 3 is 2.75 bits per heavy atom. The summed E-state index contributed by atoms with van der Waals surface area (Å²) in [7, 11) is 0. The van der Waals surface area contributed by atoms with E-state index in [1.54, 1.807) is 11.0 Å². The van der Waals surface area contributed by atoms with Crippen LogP contribution in [0.4, 0.5) is 4.39 Å². The Bertz CT molecular complexity index is 606. The Morgan fingerprint density at radius 1 is 1.42 bits per heavy atom. The van der Waals surface area contributed by atoms with Crippen molar-refractivity contribution in [2.24, 2.45) is 17.6 Å². The summed E-state index contributed by atoms with van der Waals surface area (Å²) in [6.07, 6.45) is 0.786. The topological polar surface area (TPSA) is 75.4 Å². The first-order valence-electron chi connectivity index (χ1n) is 8.37. The van der Waals surface area contributed by atoms with E-state index in [-0.39, 0.29) is 36.1 Å². The molecule has 132 valence electrons. The minimum absolute atomic E-state index is 0.00644. The van der Waals surface area contributed by atoms with Crippen LogP contribution in [0, 0.1) is 17.7 Å². The summed E-state index contributed by atoms with van der Waals surface area (Å²) >= 11 is 0. The average molecular weight is 335 g/mol. The van der Waals surface area contributed by atoms with Gasteiger partial charge in [0.1, 0.15) is 5.82 Å². The lowest BCUT2D eigenvalue weighted by Crippen LogP contribution is -2.47. The van der Waals surface area contributed by atoms with Crippen molar-refractivity contribution < 1.29 is 14.0 Å². The molecule has 0 spiro atoms. The third-order valence-corrected chi connectivity index (χ3v) is 4.50. The molecule has 3 atom stereocenters. The van der Waals surface area contributed by atoms with Crippen molar-refractivity contribution in [1.82, 2.24) is 10.2 Å². The summed E-state index contributed by atoms with van der Waals surface area (Å²) in [6, 6.07) is 5.56. The van der Waals surface area contributed by atoms with Gasteiger partial charge in [-0.2, -0.15) is 0 Å². The number of hydrogen-bond acceptors (Lipinski definition) is 3. The summed E-state index contributed by atoms with van der Waals surface area (Å²) in [5, 5.41) is 2.61. The molecule has 1 aliphatic rings. The van der Waals surface area contributed by atoms with Crippen LogP contribution in [0.5, 0.6) is 0 Å². The summed E-state index contributed by atoms with van der Waals surface area (Å²) in [5.74, 6) is -0.468. The van der Waals surface area contributed by atoms with E-state index in [9.17, 15) is 14.0 Å². The first-order chi connectivity index (χ1) is 11.3. The van der Waals surface area contributed by atoms with Crippen LogP contribution in [-0.4, -0.2) is 35.8 Å². The van der Waals surface area contributed by atoms with Crippen molar-refractivity contribution in [3.8, 4) is 0 Å². The number of likely N-dealkylation sites (tertiary alicyclic amines) is 1. The molecule has 6 heteroatoms. The van der Waals surface area contributed by atoms with Crippen LogP contribution < -0.4 is 11.1 Å². The number of nitrogens with one attached hydrogen (secondary N) is 1. The lowest BCUT2D eigenvalue weighted by molar-refractivity contribution is -0.134. The van der Waals surface area contributed by atoms with Gasteiger partial charge in [-0.15, -0.1) is 0 Å². The fraction of sp³-hybridized carbons (Fsp3) is 0.556. The van der Waals surface area contributed by atoms with Gasteiger partial charge in [-0.05, 0) is 36.0 Å². The summed E-state index contributed by atoms with van der Waals surface area (Å²) in [6.45, 7) is 6.29. The van der Waals surface area contributed by atoms with Crippen molar-refractivity contribution in [3.63, 3.8) is 0 Å². The van der Waals surface area contributed by atoms with E-state index in [4.69, 9.17) is 5.73 Å². The van der Waals surface area contributed by atoms with Crippen molar-refractivity contribution in [2.75, 3.05) is 13.1 Å². The normalized spacial score (nSPS) is 21.8. The van der Waals surface area contributed by atoms with E-state index in [0.717, 1.165) is 12.0 Å². The van der Waals surface area contributed by atoms with E-state index in [1.165, 1.54) is 12.1 Å². The number of carbonyl (C=O) groups is 2. The number of nitrogens with two attached hydrogens (primary N) is 1. The Hall–Kier alpha value is -1.95. The maximum atomic E-state index is 13.5. The Balaban J connectivity index is 2.03. The second-order valence-electron chi connectivity index (χ2n) is 6.95. The van der Waals surface area contributed by atoms with Crippen LogP contribution >= 0.6 is 0 Å². The Morgan fingerprint density at radius 2 is 2.12 bits per heavy atom. The zero-order valence-electron chi connectivity index (χ0n) is 14.5. The third-order valence-electron chi connectivity index (χ3n) is 4.50. The molecule has 1 saturated heterocycles. The fourth-order valence-corrected chi connectivity index (χ4v) is 3.04. The van der Waals surface area contributed by atoms with Crippen molar-refractivity contribution in [1.29, 1.82) is 0 Å². The van der Waals surface area contributed by atoms with Crippen molar-refractivity contribution in [3.05, 3.63) is 35.6 Å². The second kappa shape index (κ2) is 7.75. The van der Waals surface area contributed by atoms with Gasteiger partial charge in [0.2, 0.25) is 11.8 Å². The molecular weight excluding hydrogens is 309 g/mol. The van der Waals surface area contributed by atoms with Crippen LogP contribution in [-0.2, 0) is 9.59 Å². The summed E-state index contributed by atoms with van der Waals surface area (Å²) < 4.78 is 13.5. The van der Waals surface area contributed by atoms with E-state index in [0.29, 0.717) is 12.5 Å². The Labute approximate surface area is 142 Å². The van der Waals surface area contributed by atoms with Crippen LogP contribution in [0.25, 0.3) is 0 Å². The predicted molar refractivity (Wildman–Crippen MR) is 90.5 cm³/mol. The molecule has 1 aromatic rings. The van der Waals surface area contributed by atoms with Crippen LogP contribution in [0.2, 0.25) is 0 Å². The highest BCUT2D eigenvalue weighted by atomic mass is 19.1. The third kappa shape index (κ3) is 4.32. The number of nitrogens with zero attached hydrogens (tertiary/aromatic N) is 1. The van der Waals surface area contributed by atoms with Gasteiger partial charge < -0.3 is 16.0 Å². The number of halogens is 1. The molecule has 0 aromatic heterocycles. The van der Waals surface area contributed by atoms with Crippen LogP contribution in [0.1, 0.15) is 38.8 Å². The number of hydrogen-bond donors (Lipinski definition) is 2.